The molecule has 1 aliphatic carbocycles. The minimum absolute atomic E-state index is 0.0545. The Hall–Kier alpha value is -5.50. The summed E-state index contributed by atoms with van der Waals surface area (Å²) in [6.07, 6.45) is 16.5. The zero-order chi connectivity index (χ0) is 46.5. The molecule has 348 valence electrons. The summed E-state index contributed by atoms with van der Waals surface area (Å²) in [7, 11) is 4.40. The van der Waals surface area contributed by atoms with Crippen LogP contribution in [0.1, 0.15) is 128 Å². The lowest BCUT2D eigenvalue weighted by atomic mass is 9.74. The van der Waals surface area contributed by atoms with Gasteiger partial charge in [-0.05, 0) is 93.0 Å². The summed E-state index contributed by atoms with van der Waals surface area (Å²) < 4.78 is 4.61. The van der Waals surface area contributed by atoms with E-state index in [4.69, 9.17) is 9.97 Å². The molecule has 9 rings (SSSR count). The first-order chi connectivity index (χ1) is 31.8. The topological polar surface area (TPSA) is 48.6 Å². The molecule has 1 saturated carbocycles. The molecule has 2 saturated heterocycles. The number of aryl methyl sites for hydroxylation is 3. The molecule has 66 heavy (non-hydrogen) atoms. The van der Waals surface area contributed by atoms with Crippen LogP contribution in [0.4, 0.5) is 23.3 Å². The van der Waals surface area contributed by atoms with Crippen LogP contribution in [0.3, 0.4) is 0 Å². The average Bonchev–Trinajstić information content (AvgIpc) is 4.06. The smallest absolute Gasteiger partial charge is 0.207 e. The van der Waals surface area contributed by atoms with E-state index in [1.165, 1.54) is 90.6 Å². The fourth-order valence-corrected chi connectivity index (χ4v) is 13.2. The van der Waals surface area contributed by atoms with Gasteiger partial charge in [-0.15, -0.1) is 0 Å². The van der Waals surface area contributed by atoms with Gasteiger partial charge in [-0.3, -0.25) is 0 Å². The fourth-order valence-electron chi connectivity index (χ4n) is 13.2. The normalized spacial score (nSPS) is 24.6. The lowest BCUT2D eigenvalue weighted by molar-refractivity contribution is 0.224. The van der Waals surface area contributed by atoms with E-state index in [2.05, 4.69) is 221 Å². The first kappa shape index (κ1) is 45.6. The quantitative estimate of drug-likeness (QED) is 0.144. The highest BCUT2D eigenvalue weighted by Gasteiger charge is 2.62. The number of imidazole rings is 2. The van der Waals surface area contributed by atoms with Crippen LogP contribution in [-0.4, -0.2) is 43.4 Å². The molecule has 4 heterocycles. The van der Waals surface area contributed by atoms with Crippen LogP contribution in [0.5, 0.6) is 0 Å². The van der Waals surface area contributed by atoms with Gasteiger partial charge in [0.15, 0.2) is 0 Å². The summed E-state index contributed by atoms with van der Waals surface area (Å²) in [4.78, 5) is 21.5. The molecule has 6 atom stereocenters. The molecule has 0 bridgehead atoms. The molecule has 8 nitrogen and oxygen atoms in total. The summed E-state index contributed by atoms with van der Waals surface area (Å²) in [6.45, 7) is 21.6. The Bertz CT molecular complexity index is 2520. The van der Waals surface area contributed by atoms with Gasteiger partial charge in [0.2, 0.25) is 11.9 Å². The van der Waals surface area contributed by atoms with E-state index in [9.17, 15) is 0 Å². The van der Waals surface area contributed by atoms with Crippen LogP contribution in [0.15, 0.2) is 122 Å². The zero-order valence-electron chi connectivity index (χ0n) is 41.8. The van der Waals surface area contributed by atoms with Crippen molar-refractivity contribution in [3.8, 4) is 11.3 Å². The van der Waals surface area contributed by atoms with E-state index < -0.39 is 5.66 Å². The number of nitrogens with zero attached hydrogens (tertiary/aromatic N) is 8. The number of hydrogen-bond donors (Lipinski definition) is 0. The number of aromatic nitrogens is 4. The minimum atomic E-state index is -0.456. The van der Waals surface area contributed by atoms with E-state index in [1.54, 1.807) is 0 Å². The molecular formula is C58H76N8. The van der Waals surface area contributed by atoms with Gasteiger partial charge in [0.25, 0.3) is 0 Å². The highest BCUT2D eigenvalue weighted by molar-refractivity contribution is 5.70. The van der Waals surface area contributed by atoms with Crippen molar-refractivity contribution in [3.05, 3.63) is 144 Å². The standard InChI is InChI=1S/C58H76N8/c1-40(2)52-44(6)65(55-59-37-38-61(55)10)58(51-41(3)25-24-26-42(51)4,47-29-20-14-12-13-15-21-30-47)66(52)49-35-33-45(34-36-49)50-39-60-56(62(50)11)63-43(5)53(46-27-18-16-19-28-46)64(54(63)57(7,8)9)48-31-22-17-23-32-48/h16-19,22-28,31-40,43-44,47,52-54H,12-15,20-21,29-30H2,1-11H3/t43-,44-,52?,53?,54?,58?/m0/s1. The Kier molecular flexibility index (Phi) is 12.7. The molecule has 3 fully saturated rings. The summed E-state index contributed by atoms with van der Waals surface area (Å²) in [5, 5.41) is 0. The molecule has 3 aliphatic rings. The minimum Gasteiger partial charge on any atom is -0.341 e. The monoisotopic (exact) mass is 885 g/mol. The SMILES string of the molecule is Cc1cccc(C)c1C1(C2CCCCCCCC2)N(c2ccc(-c3cnc(N4C(C(C)(C)C)N(c5ccccc5)C(c5ccccc5)[C@@H]4C)n3C)cc2)C(C(C)C)[C@H](C)N1c1nccn1C. The molecule has 8 heteroatoms. The number of benzene rings is 4. The van der Waals surface area contributed by atoms with Crippen molar-refractivity contribution in [1.82, 2.24) is 19.1 Å². The Morgan fingerprint density at radius 3 is 1.82 bits per heavy atom. The van der Waals surface area contributed by atoms with Gasteiger partial charge in [-0.2, -0.15) is 0 Å². The van der Waals surface area contributed by atoms with Crippen LogP contribution in [-0.2, 0) is 19.8 Å². The first-order valence-corrected chi connectivity index (χ1v) is 25.2. The molecule has 4 aromatic carbocycles. The van der Waals surface area contributed by atoms with Gasteiger partial charge in [-0.1, -0.05) is 152 Å². The van der Waals surface area contributed by atoms with Crippen molar-refractivity contribution in [2.75, 3.05) is 19.6 Å². The summed E-state index contributed by atoms with van der Waals surface area (Å²) >= 11 is 0. The molecule has 2 aliphatic heterocycles. The number of rotatable bonds is 9. The molecule has 0 N–H and O–H groups in total. The third kappa shape index (κ3) is 7.70. The van der Waals surface area contributed by atoms with Gasteiger partial charge in [-0.25, -0.2) is 9.97 Å². The van der Waals surface area contributed by atoms with Crippen LogP contribution in [0.2, 0.25) is 0 Å². The Morgan fingerprint density at radius 2 is 1.24 bits per heavy atom. The summed E-state index contributed by atoms with van der Waals surface area (Å²) in [5.74, 6) is 2.83. The van der Waals surface area contributed by atoms with Gasteiger partial charge < -0.3 is 28.7 Å². The third-order valence-corrected chi connectivity index (χ3v) is 15.7. The number of para-hydroxylation sites is 1. The van der Waals surface area contributed by atoms with Gasteiger partial charge in [0.1, 0.15) is 11.8 Å². The maximum atomic E-state index is 5.34. The van der Waals surface area contributed by atoms with Crippen molar-refractivity contribution in [2.45, 2.75) is 150 Å². The average molecular weight is 885 g/mol. The van der Waals surface area contributed by atoms with Crippen molar-refractivity contribution >= 4 is 23.3 Å². The van der Waals surface area contributed by atoms with Gasteiger partial charge in [0, 0.05) is 54.8 Å². The largest absolute Gasteiger partial charge is 0.341 e. The summed E-state index contributed by atoms with van der Waals surface area (Å²) in [5.41, 5.74) is 9.75. The van der Waals surface area contributed by atoms with Crippen LogP contribution in [0, 0.1) is 31.1 Å². The lowest BCUT2D eigenvalue weighted by Crippen LogP contribution is -2.59. The van der Waals surface area contributed by atoms with Crippen molar-refractivity contribution in [2.24, 2.45) is 31.3 Å². The highest BCUT2D eigenvalue weighted by atomic mass is 15.5. The maximum absolute atomic E-state index is 5.34. The predicted octanol–water partition coefficient (Wildman–Crippen LogP) is 13.6. The van der Waals surface area contributed by atoms with Crippen molar-refractivity contribution in [3.63, 3.8) is 0 Å². The predicted molar refractivity (Wildman–Crippen MR) is 276 cm³/mol. The Morgan fingerprint density at radius 1 is 0.636 bits per heavy atom. The molecule has 4 unspecified atom stereocenters. The molecule has 0 amide bonds. The first-order valence-electron chi connectivity index (χ1n) is 25.2. The summed E-state index contributed by atoms with van der Waals surface area (Å²) in [6, 6.07) is 39.4. The van der Waals surface area contributed by atoms with Gasteiger partial charge in [0.05, 0.1) is 36.1 Å². The second-order valence-electron chi connectivity index (χ2n) is 21.5. The van der Waals surface area contributed by atoms with E-state index in [0.717, 1.165) is 17.6 Å². The van der Waals surface area contributed by atoms with E-state index in [0.29, 0.717) is 11.8 Å². The van der Waals surface area contributed by atoms with Crippen LogP contribution >= 0.6 is 0 Å². The van der Waals surface area contributed by atoms with Crippen LogP contribution in [0.25, 0.3) is 11.3 Å². The van der Waals surface area contributed by atoms with Crippen molar-refractivity contribution in [1.29, 1.82) is 0 Å². The molecule has 0 radical (unpaired) electrons. The van der Waals surface area contributed by atoms with E-state index >= 15 is 0 Å². The van der Waals surface area contributed by atoms with E-state index in [1.807, 2.05) is 6.20 Å². The highest BCUT2D eigenvalue weighted by Crippen LogP contribution is 2.57. The molecule has 0 spiro atoms. The van der Waals surface area contributed by atoms with E-state index in [-0.39, 0.29) is 35.7 Å². The number of anilines is 4. The fraction of sp³-hybridized carbons (Fsp3) is 0.483. The van der Waals surface area contributed by atoms with Crippen molar-refractivity contribution < 1.29 is 0 Å². The molecular weight excluding hydrogens is 809 g/mol. The van der Waals surface area contributed by atoms with Crippen LogP contribution < -0.4 is 19.6 Å². The maximum Gasteiger partial charge on any atom is 0.207 e. The Labute approximate surface area is 396 Å². The lowest BCUT2D eigenvalue weighted by Gasteiger charge is -2.53. The molecule has 6 aromatic rings. The number of hydrogen-bond acceptors (Lipinski definition) is 6. The third-order valence-electron chi connectivity index (χ3n) is 15.7. The Balaban J connectivity index is 1.18. The molecule has 2 aromatic heterocycles. The second kappa shape index (κ2) is 18.3. The second-order valence-corrected chi connectivity index (χ2v) is 21.5. The van der Waals surface area contributed by atoms with Gasteiger partial charge >= 0.3 is 0 Å². The zero-order valence-corrected chi connectivity index (χ0v) is 41.8.